The predicted octanol–water partition coefficient (Wildman–Crippen LogP) is 4.87. The summed E-state index contributed by atoms with van der Waals surface area (Å²) in [6.45, 7) is 2.00. The van der Waals surface area contributed by atoms with Crippen molar-refractivity contribution in [1.82, 2.24) is 0 Å². The lowest BCUT2D eigenvalue weighted by molar-refractivity contribution is 1.20. The average Bonchev–Trinajstić information content (AvgIpc) is 2.58. The van der Waals surface area contributed by atoms with Crippen molar-refractivity contribution >= 4 is 39.0 Å². The van der Waals surface area contributed by atoms with Crippen molar-refractivity contribution in [3.8, 4) is 0 Å². The molecular formula is C16H12BrClN2. The van der Waals surface area contributed by atoms with Crippen molar-refractivity contribution in [3.63, 3.8) is 0 Å². The number of nitrogens with zero attached hydrogens (tertiary/aromatic N) is 2. The highest BCUT2D eigenvalue weighted by atomic mass is 79.9. The molecule has 2 aromatic carbocycles. The highest BCUT2D eigenvalue weighted by Gasteiger charge is 2.15. The third-order valence-electron chi connectivity index (χ3n) is 3.21. The van der Waals surface area contributed by atoms with Crippen LogP contribution in [0.2, 0.25) is 5.02 Å². The van der Waals surface area contributed by atoms with E-state index in [-0.39, 0.29) is 0 Å². The van der Waals surface area contributed by atoms with Gasteiger partial charge in [0.15, 0.2) is 0 Å². The van der Waals surface area contributed by atoms with Crippen LogP contribution < -0.4 is 0 Å². The van der Waals surface area contributed by atoms with Crippen LogP contribution in [0.25, 0.3) is 0 Å². The van der Waals surface area contributed by atoms with Crippen molar-refractivity contribution in [3.05, 3.63) is 68.7 Å². The fraction of sp³-hybridized carbons (Fsp3) is 0.125. The molecule has 1 aliphatic heterocycles. The highest BCUT2D eigenvalue weighted by Crippen LogP contribution is 2.24. The molecule has 0 saturated carbocycles. The first kappa shape index (κ1) is 13.5. The van der Waals surface area contributed by atoms with E-state index in [1.807, 2.05) is 37.3 Å². The van der Waals surface area contributed by atoms with Gasteiger partial charge in [-0.25, -0.2) is 0 Å². The molecule has 0 spiro atoms. The monoisotopic (exact) mass is 346 g/mol. The van der Waals surface area contributed by atoms with Gasteiger partial charge in [-0.05, 0) is 36.8 Å². The molecule has 2 nitrogen and oxygen atoms in total. The summed E-state index contributed by atoms with van der Waals surface area (Å²) in [4.78, 5) is 0. The third-order valence-corrected chi connectivity index (χ3v) is 3.95. The standard InChI is InChI=1S/C16H12BrClN2/c1-10-8-12-9-13(17)4-7-15(12)16(20-19-10)11-2-5-14(18)6-3-11/h2-7,9H,8H2,1H3. The van der Waals surface area contributed by atoms with Gasteiger partial charge in [0.1, 0.15) is 5.71 Å². The van der Waals surface area contributed by atoms with Gasteiger partial charge in [-0.3, -0.25) is 0 Å². The summed E-state index contributed by atoms with van der Waals surface area (Å²) in [6.07, 6.45) is 0.815. The number of hydrogen-bond donors (Lipinski definition) is 0. The summed E-state index contributed by atoms with van der Waals surface area (Å²) < 4.78 is 1.07. The maximum absolute atomic E-state index is 5.95. The molecule has 0 radical (unpaired) electrons. The molecule has 20 heavy (non-hydrogen) atoms. The third kappa shape index (κ3) is 2.69. The molecule has 1 heterocycles. The van der Waals surface area contributed by atoms with Crippen LogP contribution in [-0.4, -0.2) is 11.4 Å². The Labute approximate surface area is 131 Å². The molecule has 1 aliphatic rings. The Morgan fingerprint density at radius 3 is 2.55 bits per heavy atom. The first-order valence-corrected chi connectivity index (χ1v) is 7.46. The Balaban J connectivity index is 2.17. The molecule has 0 saturated heterocycles. The SMILES string of the molecule is CC1=NN=C(c2ccc(Cl)cc2)c2ccc(Br)cc2C1. The Morgan fingerprint density at radius 1 is 1.05 bits per heavy atom. The van der Waals surface area contributed by atoms with Crippen molar-refractivity contribution in [2.75, 3.05) is 0 Å². The lowest BCUT2D eigenvalue weighted by Gasteiger charge is -2.10. The second kappa shape index (κ2) is 5.51. The molecule has 2 aromatic rings. The summed E-state index contributed by atoms with van der Waals surface area (Å²) in [5, 5.41) is 9.45. The molecule has 0 aromatic heterocycles. The van der Waals surface area contributed by atoms with Gasteiger partial charge in [-0.1, -0.05) is 45.7 Å². The van der Waals surface area contributed by atoms with Crippen LogP contribution in [0.4, 0.5) is 0 Å². The minimum atomic E-state index is 0.721. The molecule has 0 amide bonds. The molecule has 0 bridgehead atoms. The highest BCUT2D eigenvalue weighted by molar-refractivity contribution is 9.10. The van der Waals surface area contributed by atoms with Crippen molar-refractivity contribution in [1.29, 1.82) is 0 Å². The normalized spacial score (nSPS) is 14.2. The van der Waals surface area contributed by atoms with Crippen LogP contribution >= 0.6 is 27.5 Å². The molecule has 3 rings (SSSR count). The fourth-order valence-corrected chi connectivity index (χ4v) is 2.80. The molecule has 4 heteroatoms. The summed E-state index contributed by atoms with van der Waals surface area (Å²) in [7, 11) is 0. The summed E-state index contributed by atoms with van der Waals surface area (Å²) in [5.41, 5.74) is 5.27. The average molecular weight is 348 g/mol. The lowest BCUT2D eigenvalue weighted by Crippen LogP contribution is -2.06. The first-order chi connectivity index (χ1) is 9.63. The van der Waals surface area contributed by atoms with E-state index in [2.05, 4.69) is 38.3 Å². The Morgan fingerprint density at radius 2 is 1.80 bits per heavy atom. The van der Waals surface area contributed by atoms with Gasteiger partial charge in [0, 0.05) is 32.8 Å². The van der Waals surface area contributed by atoms with Gasteiger partial charge < -0.3 is 0 Å². The van der Waals surface area contributed by atoms with E-state index in [4.69, 9.17) is 11.6 Å². The minimum absolute atomic E-state index is 0.721. The zero-order valence-electron chi connectivity index (χ0n) is 10.9. The van der Waals surface area contributed by atoms with Crippen LogP contribution in [-0.2, 0) is 6.42 Å². The van der Waals surface area contributed by atoms with E-state index in [1.165, 1.54) is 5.56 Å². The van der Waals surface area contributed by atoms with E-state index in [9.17, 15) is 0 Å². The Hall–Kier alpha value is -1.45. The van der Waals surface area contributed by atoms with Crippen LogP contribution in [0, 0.1) is 0 Å². The number of fused-ring (bicyclic) bond motifs is 1. The van der Waals surface area contributed by atoms with Crippen molar-refractivity contribution in [2.24, 2.45) is 10.2 Å². The quantitative estimate of drug-likeness (QED) is 0.703. The van der Waals surface area contributed by atoms with Crippen LogP contribution in [0.1, 0.15) is 23.6 Å². The van der Waals surface area contributed by atoms with E-state index >= 15 is 0 Å². The summed E-state index contributed by atoms with van der Waals surface area (Å²) in [5.74, 6) is 0. The molecule has 0 atom stereocenters. The maximum Gasteiger partial charge on any atom is 0.100 e. The second-order valence-corrected chi connectivity index (χ2v) is 6.12. The minimum Gasteiger partial charge on any atom is -0.159 e. The molecule has 0 unspecified atom stereocenters. The Kier molecular flexibility index (Phi) is 3.72. The number of halogens is 2. The van der Waals surface area contributed by atoms with E-state index in [0.29, 0.717) is 0 Å². The first-order valence-electron chi connectivity index (χ1n) is 6.29. The van der Waals surface area contributed by atoms with E-state index in [0.717, 1.165) is 38.5 Å². The maximum atomic E-state index is 5.95. The largest absolute Gasteiger partial charge is 0.159 e. The lowest BCUT2D eigenvalue weighted by atomic mass is 9.95. The predicted molar refractivity (Wildman–Crippen MR) is 88.0 cm³/mol. The Bertz CT molecular complexity index is 718. The van der Waals surface area contributed by atoms with Crippen LogP contribution in [0.5, 0.6) is 0 Å². The van der Waals surface area contributed by atoms with E-state index in [1.54, 1.807) is 0 Å². The van der Waals surface area contributed by atoms with Gasteiger partial charge >= 0.3 is 0 Å². The summed E-state index contributed by atoms with van der Waals surface area (Å²) in [6, 6.07) is 13.9. The smallest absolute Gasteiger partial charge is 0.100 e. The van der Waals surface area contributed by atoms with Gasteiger partial charge in [-0.15, -0.1) is 5.10 Å². The second-order valence-electron chi connectivity index (χ2n) is 4.77. The zero-order valence-corrected chi connectivity index (χ0v) is 13.2. The molecular weight excluding hydrogens is 336 g/mol. The number of hydrogen-bond acceptors (Lipinski definition) is 2. The molecule has 0 N–H and O–H groups in total. The van der Waals surface area contributed by atoms with Crippen molar-refractivity contribution in [2.45, 2.75) is 13.3 Å². The van der Waals surface area contributed by atoms with Crippen molar-refractivity contribution < 1.29 is 0 Å². The molecule has 100 valence electrons. The molecule has 0 aliphatic carbocycles. The topological polar surface area (TPSA) is 24.7 Å². The summed E-state index contributed by atoms with van der Waals surface area (Å²) >= 11 is 9.48. The zero-order chi connectivity index (χ0) is 14.1. The molecule has 0 fully saturated rings. The van der Waals surface area contributed by atoms with Crippen LogP contribution in [0.15, 0.2) is 57.1 Å². The van der Waals surface area contributed by atoms with Gasteiger partial charge in [0.25, 0.3) is 0 Å². The number of rotatable bonds is 1. The van der Waals surface area contributed by atoms with E-state index < -0.39 is 0 Å². The van der Waals surface area contributed by atoms with Gasteiger partial charge in [0.2, 0.25) is 0 Å². The van der Waals surface area contributed by atoms with Gasteiger partial charge in [0.05, 0.1) is 0 Å². The fourth-order valence-electron chi connectivity index (χ4n) is 2.26. The van der Waals surface area contributed by atoms with Gasteiger partial charge in [-0.2, -0.15) is 5.10 Å². The number of benzene rings is 2. The van der Waals surface area contributed by atoms with Crippen LogP contribution in [0.3, 0.4) is 0 Å².